The van der Waals surface area contributed by atoms with Gasteiger partial charge in [0.15, 0.2) is 29.5 Å². The van der Waals surface area contributed by atoms with E-state index in [4.69, 9.17) is 28.4 Å². The zero-order chi connectivity index (χ0) is 33.9. The van der Waals surface area contributed by atoms with E-state index in [0.29, 0.717) is 19.3 Å². The second kappa shape index (κ2) is 13.9. The van der Waals surface area contributed by atoms with E-state index < -0.39 is 72.4 Å². The number of rotatable bonds is 12. The molecule has 2 spiro atoms. The second-order valence-corrected chi connectivity index (χ2v) is 12.9. The zero-order valence-electron chi connectivity index (χ0n) is 27.2. The van der Waals surface area contributed by atoms with Gasteiger partial charge in [-0.2, -0.15) is 0 Å². The molecule has 254 valence electrons. The highest BCUT2D eigenvalue weighted by Crippen LogP contribution is 2.70. The molecule has 0 bridgehead atoms. The largest absolute Gasteiger partial charge is 0.493 e. The maximum absolute atomic E-state index is 14.0. The van der Waals surface area contributed by atoms with Gasteiger partial charge in [0.1, 0.15) is 12.2 Å². The molecule has 2 unspecified atom stereocenters. The van der Waals surface area contributed by atoms with Gasteiger partial charge in [-0.25, -0.2) is 9.78 Å². The molecule has 2 heterocycles. The number of hydrogen-bond donors (Lipinski definition) is 2. The Kier molecular flexibility index (Phi) is 10.1. The summed E-state index contributed by atoms with van der Waals surface area (Å²) in [6.07, 6.45) is 1.65. The third-order valence-electron chi connectivity index (χ3n) is 9.04. The maximum Gasteiger partial charge on any atom is 0.332 e. The minimum absolute atomic E-state index is 0.0299. The maximum atomic E-state index is 14.0. The van der Waals surface area contributed by atoms with Crippen molar-refractivity contribution in [1.82, 2.24) is 10.3 Å². The van der Waals surface area contributed by atoms with E-state index >= 15 is 0 Å². The number of pyridine rings is 1. The quantitative estimate of drug-likeness (QED) is 0.195. The van der Waals surface area contributed by atoms with Crippen LogP contribution in [0.15, 0.2) is 42.6 Å². The van der Waals surface area contributed by atoms with Crippen LogP contribution in [0.3, 0.4) is 0 Å². The first-order valence-corrected chi connectivity index (χ1v) is 15.8. The van der Waals surface area contributed by atoms with Gasteiger partial charge in [0.2, 0.25) is 6.79 Å². The molecule has 3 fully saturated rings. The Balaban J connectivity index is 1.40. The van der Waals surface area contributed by atoms with Crippen molar-refractivity contribution in [3.8, 4) is 11.5 Å². The summed E-state index contributed by atoms with van der Waals surface area (Å²) in [6, 6.07) is 9.65. The van der Waals surface area contributed by atoms with Crippen LogP contribution in [-0.4, -0.2) is 79.0 Å². The molecule has 1 aromatic heterocycles. The molecule has 5 rings (SSSR count). The molecule has 0 radical (unpaired) electrons. The topological polar surface area (TPSA) is 169 Å². The van der Waals surface area contributed by atoms with Crippen molar-refractivity contribution in [2.24, 2.45) is 23.2 Å². The number of ether oxygens (including phenoxy) is 6. The highest BCUT2D eigenvalue weighted by molar-refractivity contribution is 5.98. The van der Waals surface area contributed by atoms with Crippen molar-refractivity contribution in [3.05, 3.63) is 53.9 Å². The standard InChI is InChI=1S/C34H42N2O11/c1-19(2)29(38)43-17-25-33(12-13-33)47-31(40)23(16-44-32(41)34(25)15-22(34)21-9-7-6-8-10-21)36-28(37)26-27(24(42-5)11-14-35-26)45-18-46-30(39)20(3)4/h6-11,14,19-20,22-23,25,29,38H,12-13,15-18H2,1-5H3,(H,36,37)/t22-,23-,25-,29?,34?/m0/s1. The first-order valence-electron chi connectivity index (χ1n) is 15.8. The van der Waals surface area contributed by atoms with Crippen molar-refractivity contribution in [2.75, 3.05) is 27.1 Å². The molecule has 5 atom stereocenters. The van der Waals surface area contributed by atoms with E-state index in [0.717, 1.165) is 5.56 Å². The van der Waals surface area contributed by atoms with E-state index in [-0.39, 0.29) is 35.6 Å². The average molecular weight is 655 g/mol. The molecule has 1 saturated heterocycles. The lowest BCUT2D eigenvalue weighted by Gasteiger charge is -2.33. The number of hydrogen-bond acceptors (Lipinski definition) is 12. The third kappa shape index (κ3) is 7.05. The molecule has 2 aliphatic carbocycles. The number of esters is 3. The second-order valence-electron chi connectivity index (χ2n) is 12.9. The normalized spacial score (nSPS) is 25.2. The molecule has 1 aliphatic heterocycles. The molecular formula is C34H42N2O11. The monoisotopic (exact) mass is 654 g/mol. The number of nitrogens with zero attached hydrogens (tertiary/aromatic N) is 1. The molecule has 13 heteroatoms. The Labute approximate surface area is 273 Å². The number of methoxy groups -OCH3 is 1. The molecule has 2 saturated carbocycles. The van der Waals surface area contributed by atoms with Crippen LogP contribution < -0.4 is 14.8 Å². The number of nitrogens with one attached hydrogen (secondary N) is 1. The fourth-order valence-electron chi connectivity index (χ4n) is 6.10. The molecule has 13 nitrogen and oxygen atoms in total. The Hall–Kier alpha value is -4.23. The van der Waals surface area contributed by atoms with Crippen molar-refractivity contribution < 1.29 is 52.7 Å². The van der Waals surface area contributed by atoms with Crippen LogP contribution in [0.5, 0.6) is 11.5 Å². The van der Waals surface area contributed by atoms with Crippen LogP contribution in [0.2, 0.25) is 0 Å². The van der Waals surface area contributed by atoms with Gasteiger partial charge >= 0.3 is 17.9 Å². The summed E-state index contributed by atoms with van der Waals surface area (Å²) in [7, 11) is 1.37. The third-order valence-corrected chi connectivity index (χ3v) is 9.04. The van der Waals surface area contributed by atoms with E-state index in [9.17, 15) is 24.3 Å². The Bertz CT molecular complexity index is 1480. The van der Waals surface area contributed by atoms with E-state index in [1.165, 1.54) is 19.4 Å². The van der Waals surface area contributed by atoms with Crippen LogP contribution in [0, 0.1) is 23.2 Å². The number of aliphatic hydroxyl groups excluding tert-OH is 1. The Morgan fingerprint density at radius 1 is 1.11 bits per heavy atom. The van der Waals surface area contributed by atoms with Crippen molar-refractivity contribution in [2.45, 2.75) is 70.8 Å². The van der Waals surface area contributed by atoms with Crippen LogP contribution in [0.25, 0.3) is 0 Å². The molecule has 1 aromatic carbocycles. The van der Waals surface area contributed by atoms with Gasteiger partial charge in [0, 0.05) is 30.0 Å². The molecule has 47 heavy (non-hydrogen) atoms. The summed E-state index contributed by atoms with van der Waals surface area (Å²) in [5.41, 5.74) is -1.41. The molecular weight excluding hydrogens is 612 g/mol. The zero-order valence-corrected chi connectivity index (χ0v) is 27.2. The summed E-state index contributed by atoms with van der Waals surface area (Å²) in [4.78, 5) is 57.3. The summed E-state index contributed by atoms with van der Waals surface area (Å²) in [5.74, 6) is -4.04. The number of carbonyl (C=O) groups is 4. The number of cyclic esters (lactones) is 1. The van der Waals surface area contributed by atoms with Gasteiger partial charge < -0.3 is 38.8 Å². The summed E-state index contributed by atoms with van der Waals surface area (Å²) in [6.45, 7) is 5.93. The van der Waals surface area contributed by atoms with Crippen molar-refractivity contribution in [1.29, 1.82) is 0 Å². The van der Waals surface area contributed by atoms with Gasteiger partial charge in [-0.15, -0.1) is 0 Å². The summed E-state index contributed by atoms with van der Waals surface area (Å²) in [5, 5.41) is 13.1. The predicted molar refractivity (Wildman–Crippen MR) is 164 cm³/mol. The van der Waals surface area contributed by atoms with Crippen LogP contribution in [-0.2, 0) is 33.3 Å². The molecule has 2 aromatic rings. The average Bonchev–Trinajstić information content (AvgIpc) is 3.99. The number of aliphatic hydroxyl groups is 1. The fraction of sp³-hybridized carbons (Fsp3) is 0.559. The number of benzene rings is 1. The van der Waals surface area contributed by atoms with Crippen LogP contribution in [0.1, 0.15) is 68.9 Å². The first-order chi connectivity index (χ1) is 22.4. The van der Waals surface area contributed by atoms with Gasteiger partial charge in [0.05, 0.1) is 25.0 Å². The lowest BCUT2D eigenvalue weighted by molar-refractivity contribution is -0.178. The smallest absolute Gasteiger partial charge is 0.332 e. The van der Waals surface area contributed by atoms with Crippen LogP contribution >= 0.6 is 0 Å². The molecule has 3 aliphatic rings. The lowest BCUT2D eigenvalue weighted by atomic mass is 9.80. The Morgan fingerprint density at radius 2 is 1.83 bits per heavy atom. The lowest BCUT2D eigenvalue weighted by Crippen LogP contribution is -2.47. The first kappa shape index (κ1) is 34.1. The van der Waals surface area contributed by atoms with Crippen LogP contribution in [0.4, 0.5) is 0 Å². The van der Waals surface area contributed by atoms with E-state index in [2.05, 4.69) is 10.3 Å². The van der Waals surface area contributed by atoms with Gasteiger partial charge in [-0.1, -0.05) is 58.0 Å². The minimum Gasteiger partial charge on any atom is -0.493 e. The van der Waals surface area contributed by atoms with Gasteiger partial charge in [0.25, 0.3) is 5.91 Å². The number of carbonyl (C=O) groups excluding carboxylic acids is 4. The van der Waals surface area contributed by atoms with Crippen molar-refractivity contribution in [3.63, 3.8) is 0 Å². The number of amides is 1. The SMILES string of the molecule is COc1ccnc(C(=O)N[C@H]2COC(=O)C3(C[C@H]3c3ccccc3)[C@@H](COC(O)C(C)C)C3(CC3)OC2=O)c1OCOC(=O)C(C)C. The van der Waals surface area contributed by atoms with Gasteiger partial charge in [-0.3, -0.25) is 14.4 Å². The Morgan fingerprint density at radius 3 is 2.47 bits per heavy atom. The van der Waals surface area contributed by atoms with E-state index in [1.807, 2.05) is 44.2 Å². The molecule has 1 amide bonds. The summed E-state index contributed by atoms with van der Waals surface area (Å²) >= 11 is 0. The highest BCUT2D eigenvalue weighted by atomic mass is 16.7. The highest BCUT2D eigenvalue weighted by Gasteiger charge is 2.74. The van der Waals surface area contributed by atoms with Crippen molar-refractivity contribution >= 4 is 23.8 Å². The predicted octanol–water partition coefficient (Wildman–Crippen LogP) is 3.14. The minimum atomic E-state index is -1.38. The molecule has 2 N–H and O–H groups in total. The fourth-order valence-corrected chi connectivity index (χ4v) is 6.10. The van der Waals surface area contributed by atoms with Gasteiger partial charge in [-0.05, 0) is 24.8 Å². The number of aromatic nitrogens is 1. The van der Waals surface area contributed by atoms with E-state index in [1.54, 1.807) is 13.8 Å². The summed E-state index contributed by atoms with van der Waals surface area (Å²) < 4.78 is 33.8.